The van der Waals surface area contributed by atoms with Gasteiger partial charge < -0.3 is 20.5 Å². The smallest absolute Gasteiger partial charge is 0.191 e. The summed E-state index contributed by atoms with van der Waals surface area (Å²) in [5.74, 6) is 0.825. The number of hydrogen-bond acceptors (Lipinski definition) is 3. The van der Waals surface area contributed by atoms with E-state index in [2.05, 4.69) is 56.5 Å². The lowest BCUT2D eigenvalue weighted by molar-refractivity contribution is 0.121. The average Bonchev–Trinajstić information content (AvgIpc) is 2.70. The van der Waals surface area contributed by atoms with Crippen LogP contribution in [0.2, 0.25) is 0 Å². The van der Waals surface area contributed by atoms with Crippen LogP contribution in [0.1, 0.15) is 64.5 Å². The van der Waals surface area contributed by atoms with Gasteiger partial charge in [0, 0.05) is 26.3 Å². The number of nitrogens with one attached hydrogen (secondary N) is 2. The molecule has 0 amide bonds. The molecule has 0 saturated carbocycles. The summed E-state index contributed by atoms with van der Waals surface area (Å²) >= 11 is 0. The molecule has 0 heterocycles. The van der Waals surface area contributed by atoms with Crippen LogP contribution in [0.5, 0.6) is 0 Å². The first-order valence-corrected chi connectivity index (χ1v) is 10.4. The first-order chi connectivity index (χ1) is 13.1. The summed E-state index contributed by atoms with van der Waals surface area (Å²) in [6.07, 6.45) is 3.91. The lowest BCUT2D eigenvalue weighted by atomic mass is 9.79. The molecule has 3 N–H and O–H groups in total. The maximum Gasteiger partial charge on any atom is 0.191 e. The Morgan fingerprint density at radius 1 is 1.07 bits per heavy atom. The van der Waals surface area contributed by atoms with Crippen LogP contribution in [-0.2, 0) is 17.9 Å². The van der Waals surface area contributed by atoms with Crippen molar-refractivity contribution in [2.75, 3.05) is 26.3 Å². The first-order valence-electron chi connectivity index (χ1n) is 10.4. The summed E-state index contributed by atoms with van der Waals surface area (Å²) in [7, 11) is 0. The van der Waals surface area contributed by atoms with Crippen molar-refractivity contribution in [3.63, 3.8) is 0 Å². The molecule has 0 spiro atoms. The highest BCUT2D eigenvalue weighted by molar-refractivity contribution is 5.79. The van der Waals surface area contributed by atoms with Gasteiger partial charge in [-0.2, -0.15) is 0 Å². The minimum absolute atomic E-state index is 0.108. The van der Waals surface area contributed by atoms with Crippen LogP contribution >= 0.6 is 0 Å². The molecule has 0 aliphatic heterocycles. The second-order valence-corrected chi connectivity index (χ2v) is 7.05. The van der Waals surface area contributed by atoms with E-state index in [1.54, 1.807) is 0 Å². The molecule has 154 valence electrons. The highest BCUT2D eigenvalue weighted by Crippen LogP contribution is 2.29. The van der Waals surface area contributed by atoms with E-state index in [9.17, 15) is 5.11 Å². The number of hydrogen-bond donors (Lipinski definition) is 3. The van der Waals surface area contributed by atoms with Crippen LogP contribution in [0.3, 0.4) is 0 Å². The van der Waals surface area contributed by atoms with Crippen LogP contribution in [0.4, 0.5) is 0 Å². The lowest BCUT2D eigenvalue weighted by Crippen LogP contribution is -2.43. The van der Waals surface area contributed by atoms with E-state index in [0.29, 0.717) is 13.2 Å². The molecule has 1 aromatic carbocycles. The molecule has 0 radical (unpaired) electrons. The molecule has 1 aromatic rings. The third-order valence-electron chi connectivity index (χ3n) is 5.25. The van der Waals surface area contributed by atoms with Gasteiger partial charge in [0.1, 0.15) is 0 Å². The number of aliphatic hydroxyl groups excluding tert-OH is 1. The largest absolute Gasteiger partial charge is 0.396 e. The fourth-order valence-electron chi connectivity index (χ4n) is 3.14. The van der Waals surface area contributed by atoms with E-state index >= 15 is 0 Å². The van der Waals surface area contributed by atoms with Gasteiger partial charge in [-0.3, -0.25) is 0 Å². The zero-order valence-corrected chi connectivity index (χ0v) is 17.7. The molecular weight excluding hydrogens is 338 g/mol. The monoisotopic (exact) mass is 377 g/mol. The fraction of sp³-hybridized carbons (Fsp3) is 0.682. The summed E-state index contributed by atoms with van der Waals surface area (Å²) in [6.45, 7) is 12.5. The van der Waals surface area contributed by atoms with Crippen LogP contribution < -0.4 is 10.6 Å². The predicted octanol–water partition coefficient (Wildman–Crippen LogP) is 3.86. The summed E-state index contributed by atoms with van der Waals surface area (Å²) in [5, 5.41) is 16.2. The maximum atomic E-state index is 9.42. The zero-order chi connectivity index (χ0) is 20.0. The quantitative estimate of drug-likeness (QED) is 0.277. The van der Waals surface area contributed by atoms with E-state index in [4.69, 9.17) is 9.73 Å². The molecule has 0 unspecified atom stereocenters. The van der Waals surface area contributed by atoms with E-state index in [1.165, 1.54) is 11.1 Å². The Morgan fingerprint density at radius 2 is 1.78 bits per heavy atom. The van der Waals surface area contributed by atoms with E-state index < -0.39 is 0 Å². The number of aliphatic imine (C=N–C) groups is 1. The minimum Gasteiger partial charge on any atom is -0.396 e. The lowest BCUT2D eigenvalue weighted by Gasteiger charge is -2.32. The number of benzene rings is 1. The third kappa shape index (κ3) is 8.31. The van der Waals surface area contributed by atoms with Gasteiger partial charge >= 0.3 is 0 Å². The average molecular weight is 378 g/mol. The number of rotatable bonds is 13. The Hall–Kier alpha value is -1.59. The Bertz CT molecular complexity index is 542. The second kappa shape index (κ2) is 13.6. The van der Waals surface area contributed by atoms with Crippen LogP contribution in [0.15, 0.2) is 29.3 Å². The second-order valence-electron chi connectivity index (χ2n) is 7.05. The van der Waals surface area contributed by atoms with Gasteiger partial charge in [0.05, 0.1) is 13.2 Å². The predicted molar refractivity (Wildman–Crippen MR) is 114 cm³/mol. The van der Waals surface area contributed by atoms with E-state index in [1.807, 2.05) is 6.07 Å². The highest BCUT2D eigenvalue weighted by Gasteiger charge is 2.25. The highest BCUT2D eigenvalue weighted by atomic mass is 16.5. The molecule has 0 saturated heterocycles. The normalized spacial score (nSPS) is 12.3. The molecule has 0 bridgehead atoms. The molecule has 0 aliphatic rings. The third-order valence-corrected chi connectivity index (χ3v) is 5.25. The van der Waals surface area contributed by atoms with Crippen molar-refractivity contribution in [2.24, 2.45) is 10.4 Å². The van der Waals surface area contributed by atoms with Crippen molar-refractivity contribution < 1.29 is 9.84 Å². The molecular formula is C22H39N3O2. The van der Waals surface area contributed by atoms with Gasteiger partial charge in [0.2, 0.25) is 0 Å². The van der Waals surface area contributed by atoms with Crippen LogP contribution in [0, 0.1) is 5.41 Å². The maximum absolute atomic E-state index is 9.42. The Kier molecular flexibility index (Phi) is 11.8. The van der Waals surface area contributed by atoms with Crippen molar-refractivity contribution in [3.05, 3.63) is 35.4 Å². The minimum atomic E-state index is 0.108. The Morgan fingerprint density at radius 3 is 2.37 bits per heavy atom. The molecule has 0 aromatic heterocycles. The topological polar surface area (TPSA) is 65.9 Å². The van der Waals surface area contributed by atoms with Gasteiger partial charge in [-0.05, 0) is 49.1 Å². The van der Waals surface area contributed by atoms with Crippen molar-refractivity contribution >= 4 is 5.96 Å². The van der Waals surface area contributed by atoms with E-state index in [-0.39, 0.29) is 12.0 Å². The van der Waals surface area contributed by atoms with Gasteiger partial charge in [0.15, 0.2) is 5.96 Å². The first kappa shape index (κ1) is 23.4. The molecule has 0 aliphatic carbocycles. The van der Waals surface area contributed by atoms with E-state index in [0.717, 1.165) is 51.3 Å². The van der Waals surface area contributed by atoms with Crippen LogP contribution in [0.25, 0.3) is 0 Å². The molecule has 5 nitrogen and oxygen atoms in total. The van der Waals surface area contributed by atoms with Crippen molar-refractivity contribution in [1.29, 1.82) is 0 Å². The fourth-order valence-corrected chi connectivity index (χ4v) is 3.14. The molecule has 0 atom stereocenters. The molecule has 5 heteroatoms. The molecule has 1 rings (SSSR count). The van der Waals surface area contributed by atoms with Gasteiger partial charge in [-0.1, -0.05) is 45.0 Å². The molecule has 27 heavy (non-hydrogen) atoms. The Labute approximate surface area is 165 Å². The number of ether oxygens (including phenoxy) is 1. The van der Waals surface area contributed by atoms with Gasteiger partial charge in [0.25, 0.3) is 0 Å². The van der Waals surface area contributed by atoms with Crippen molar-refractivity contribution in [2.45, 2.75) is 66.5 Å². The Balaban J connectivity index is 2.79. The summed E-state index contributed by atoms with van der Waals surface area (Å²) in [6, 6.07) is 8.33. The number of guanidine groups is 1. The number of aliphatic hydroxyl groups is 1. The zero-order valence-electron chi connectivity index (χ0n) is 17.7. The summed E-state index contributed by atoms with van der Waals surface area (Å²) < 4.78 is 5.71. The SMILES string of the molecule is CCCOCc1ccccc1CN=C(NCC)NCC(CC)(CC)CCO. The standard InChI is InChI=1S/C22H39N3O2/c1-5-15-27-17-20-12-10-9-11-19(20)16-24-21(23-8-4)25-18-22(6-2,7-3)13-14-26/h9-12,26H,5-8,13-18H2,1-4H3,(H2,23,24,25). The van der Waals surface area contributed by atoms with Gasteiger partial charge in [-0.25, -0.2) is 4.99 Å². The summed E-state index contributed by atoms with van der Waals surface area (Å²) in [4.78, 5) is 4.78. The van der Waals surface area contributed by atoms with Crippen molar-refractivity contribution in [1.82, 2.24) is 10.6 Å². The van der Waals surface area contributed by atoms with Gasteiger partial charge in [-0.15, -0.1) is 0 Å². The van der Waals surface area contributed by atoms with Crippen LogP contribution in [-0.4, -0.2) is 37.4 Å². The number of nitrogens with zero attached hydrogens (tertiary/aromatic N) is 1. The molecule has 0 fully saturated rings. The van der Waals surface area contributed by atoms with Crippen molar-refractivity contribution in [3.8, 4) is 0 Å². The summed E-state index contributed by atoms with van der Waals surface area (Å²) in [5.41, 5.74) is 2.50.